The van der Waals surface area contributed by atoms with E-state index in [4.69, 9.17) is 16.3 Å². The van der Waals surface area contributed by atoms with E-state index in [9.17, 15) is 4.79 Å². The molecule has 4 heteroatoms. The smallest absolute Gasteiger partial charge is 0.261 e. The number of hydrogen-bond donors (Lipinski definition) is 1. The molecule has 0 radical (unpaired) electrons. The molecule has 0 saturated carbocycles. The number of hydrogen-bond acceptors (Lipinski definition) is 2. The minimum atomic E-state index is -0.599. The first kappa shape index (κ1) is 16.3. The van der Waals surface area contributed by atoms with E-state index < -0.39 is 6.10 Å². The number of fused-ring (bicyclic) bond motifs is 1. The van der Waals surface area contributed by atoms with E-state index in [0.29, 0.717) is 17.3 Å². The van der Waals surface area contributed by atoms with E-state index in [1.54, 1.807) is 13.0 Å². The summed E-state index contributed by atoms with van der Waals surface area (Å²) in [5.41, 5.74) is 0.880. The summed E-state index contributed by atoms with van der Waals surface area (Å²) in [6, 6.07) is 21.2. The average Bonchev–Trinajstić information content (AvgIpc) is 2.61. The standard InChI is InChI=1S/C20H18ClNO2/c1-14(20(23)22-13-16-8-3-5-11-18(16)21)24-19-12-6-9-15-7-2-4-10-17(15)19/h2-12,14H,13H2,1H3,(H,22,23)/t14-/m1/s1. The molecular formula is C20H18ClNO2. The van der Waals surface area contributed by atoms with Crippen molar-refractivity contribution in [2.45, 2.75) is 19.6 Å². The summed E-state index contributed by atoms with van der Waals surface area (Å²) in [5, 5.41) is 5.57. The minimum Gasteiger partial charge on any atom is -0.480 e. The summed E-state index contributed by atoms with van der Waals surface area (Å²) < 4.78 is 5.86. The van der Waals surface area contributed by atoms with Gasteiger partial charge in [-0.05, 0) is 30.0 Å². The predicted octanol–water partition coefficient (Wildman–Crippen LogP) is 4.58. The summed E-state index contributed by atoms with van der Waals surface area (Å²) in [4.78, 5) is 12.3. The van der Waals surface area contributed by atoms with E-state index in [0.717, 1.165) is 16.3 Å². The van der Waals surface area contributed by atoms with Crippen molar-refractivity contribution in [2.24, 2.45) is 0 Å². The van der Waals surface area contributed by atoms with Crippen LogP contribution in [-0.2, 0) is 11.3 Å². The van der Waals surface area contributed by atoms with E-state index in [-0.39, 0.29) is 5.91 Å². The maximum absolute atomic E-state index is 12.3. The molecule has 3 aromatic carbocycles. The molecule has 3 nitrogen and oxygen atoms in total. The van der Waals surface area contributed by atoms with Crippen LogP contribution in [0.15, 0.2) is 66.7 Å². The first-order chi connectivity index (χ1) is 11.6. The number of carbonyl (C=O) groups is 1. The van der Waals surface area contributed by atoms with Crippen molar-refractivity contribution in [3.05, 3.63) is 77.3 Å². The van der Waals surface area contributed by atoms with Crippen LogP contribution < -0.4 is 10.1 Å². The molecule has 0 heterocycles. The van der Waals surface area contributed by atoms with Gasteiger partial charge >= 0.3 is 0 Å². The highest BCUT2D eigenvalue weighted by atomic mass is 35.5. The summed E-state index contributed by atoms with van der Waals surface area (Å²) in [6.45, 7) is 2.12. The van der Waals surface area contributed by atoms with Crippen LogP contribution in [0.1, 0.15) is 12.5 Å². The van der Waals surface area contributed by atoms with Gasteiger partial charge in [-0.15, -0.1) is 0 Å². The number of amides is 1. The first-order valence-corrected chi connectivity index (χ1v) is 8.18. The molecule has 0 aliphatic rings. The Morgan fingerprint density at radius 1 is 1.04 bits per heavy atom. The van der Waals surface area contributed by atoms with Crippen LogP contribution in [0.25, 0.3) is 10.8 Å². The lowest BCUT2D eigenvalue weighted by Crippen LogP contribution is -2.36. The Morgan fingerprint density at radius 3 is 2.58 bits per heavy atom. The first-order valence-electron chi connectivity index (χ1n) is 7.80. The maximum Gasteiger partial charge on any atom is 0.261 e. The van der Waals surface area contributed by atoms with Gasteiger partial charge in [-0.25, -0.2) is 0 Å². The number of nitrogens with one attached hydrogen (secondary N) is 1. The molecule has 3 aromatic rings. The number of halogens is 1. The van der Waals surface area contributed by atoms with Gasteiger partial charge in [0.2, 0.25) is 0 Å². The SMILES string of the molecule is C[C@@H](Oc1cccc2ccccc12)C(=O)NCc1ccccc1Cl. The molecule has 0 aliphatic carbocycles. The van der Waals surface area contributed by atoms with Gasteiger partial charge in [-0.1, -0.05) is 66.2 Å². The second-order valence-corrected chi connectivity index (χ2v) is 5.95. The van der Waals surface area contributed by atoms with Crippen LogP contribution in [0, 0.1) is 0 Å². The maximum atomic E-state index is 12.3. The van der Waals surface area contributed by atoms with E-state index in [2.05, 4.69) is 5.32 Å². The number of ether oxygens (including phenoxy) is 1. The molecule has 0 aromatic heterocycles. The van der Waals surface area contributed by atoms with Crippen LogP contribution in [0.4, 0.5) is 0 Å². The fourth-order valence-electron chi connectivity index (χ4n) is 2.51. The zero-order valence-electron chi connectivity index (χ0n) is 13.3. The highest BCUT2D eigenvalue weighted by molar-refractivity contribution is 6.31. The Balaban J connectivity index is 1.67. The third kappa shape index (κ3) is 3.69. The lowest BCUT2D eigenvalue weighted by atomic mass is 10.1. The van der Waals surface area contributed by atoms with Crippen LogP contribution in [-0.4, -0.2) is 12.0 Å². The molecular weight excluding hydrogens is 322 g/mol. The highest BCUT2D eigenvalue weighted by Gasteiger charge is 2.15. The van der Waals surface area contributed by atoms with Gasteiger partial charge in [0.1, 0.15) is 5.75 Å². The second kappa shape index (κ2) is 7.37. The topological polar surface area (TPSA) is 38.3 Å². The van der Waals surface area contributed by atoms with Gasteiger partial charge in [0.05, 0.1) is 0 Å². The van der Waals surface area contributed by atoms with Gasteiger partial charge in [0, 0.05) is 17.0 Å². The Hall–Kier alpha value is -2.52. The van der Waals surface area contributed by atoms with Crippen molar-refractivity contribution >= 4 is 28.3 Å². The van der Waals surface area contributed by atoms with Crippen molar-refractivity contribution < 1.29 is 9.53 Å². The number of rotatable bonds is 5. The van der Waals surface area contributed by atoms with E-state index >= 15 is 0 Å². The molecule has 0 fully saturated rings. The summed E-state index contributed by atoms with van der Waals surface area (Å²) in [5.74, 6) is 0.524. The van der Waals surface area contributed by atoms with Gasteiger partial charge in [-0.2, -0.15) is 0 Å². The third-order valence-electron chi connectivity index (χ3n) is 3.83. The molecule has 0 bridgehead atoms. The Labute approximate surface area is 146 Å². The Bertz CT molecular complexity index is 858. The molecule has 1 N–H and O–H groups in total. The van der Waals surface area contributed by atoms with Gasteiger partial charge in [-0.3, -0.25) is 4.79 Å². The van der Waals surface area contributed by atoms with E-state index in [1.165, 1.54) is 0 Å². The molecule has 0 spiro atoms. The fourth-order valence-corrected chi connectivity index (χ4v) is 2.71. The molecule has 0 unspecified atom stereocenters. The largest absolute Gasteiger partial charge is 0.480 e. The zero-order chi connectivity index (χ0) is 16.9. The number of benzene rings is 3. The second-order valence-electron chi connectivity index (χ2n) is 5.55. The molecule has 24 heavy (non-hydrogen) atoms. The minimum absolute atomic E-state index is 0.178. The number of carbonyl (C=O) groups excluding carboxylic acids is 1. The summed E-state index contributed by atoms with van der Waals surface area (Å²) in [7, 11) is 0. The highest BCUT2D eigenvalue weighted by Crippen LogP contribution is 2.26. The van der Waals surface area contributed by atoms with Crippen molar-refractivity contribution in [1.82, 2.24) is 5.32 Å². The third-order valence-corrected chi connectivity index (χ3v) is 4.20. The van der Waals surface area contributed by atoms with Crippen LogP contribution in [0.2, 0.25) is 5.02 Å². The molecule has 122 valence electrons. The lowest BCUT2D eigenvalue weighted by Gasteiger charge is -2.16. The molecule has 1 amide bonds. The van der Waals surface area contributed by atoms with Crippen LogP contribution >= 0.6 is 11.6 Å². The summed E-state index contributed by atoms with van der Waals surface area (Å²) >= 11 is 6.10. The normalized spacial score (nSPS) is 11.9. The van der Waals surface area contributed by atoms with Crippen LogP contribution in [0.3, 0.4) is 0 Å². The monoisotopic (exact) mass is 339 g/mol. The van der Waals surface area contributed by atoms with Crippen molar-refractivity contribution in [3.63, 3.8) is 0 Å². The van der Waals surface area contributed by atoms with Gasteiger partial charge in [0.15, 0.2) is 6.10 Å². The summed E-state index contributed by atoms with van der Waals surface area (Å²) in [6.07, 6.45) is -0.599. The van der Waals surface area contributed by atoms with Gasteiger partial charge < -0.3 is 10.1 Å². The Kier molecular flexibility index (Phi) is 5.02. The fraction of sp³-hybridized carbons (Fsp3) is 0.150. The molecule has 0 saturated heterocycles. The molecule has 3 rings (SSSR count). The molecule has 0 aliphatic heterocycles. The quantitative estimate of drug-likeness (QED) is 0.739. The zero-order valence-corrected chi connectivity index (χ0v) is 14.1. The van der Waals surface area contributed by atoms with Crippen LogP contribution in [0.5, 0.6) is 5.75 Å². The van der Waals surface area contributed by atoms with Crippen molar-refractivity contribution in [2.75, 3.05) is 0 Å². The molecule has 1 atom stereocenters. The van der Waals surface area contributed by atoms with E-state index in [1.807, 2.05) is 60.7 Å². The predicted molar refractivity (Wildman–Crippen MR) is 97.3 cm³/mol. The lowest BCUT2D eigenvalue weighted by molar-refractivity contribution is -0.127. The van der Waals surface area contributed by atoms with Gasteiger partial charge in [0.25, 0.3) is 5.91 Å². The average molecular weight is 340 g/mol. The Morgan fingerprint density at radius 2 is 1.75 bits per heavy atom. The van der Waals surface area contributed by atoms with Crippen molar-refractivity contribution in [1.29, 1.82) is 0 Å². The van der Waals surface area contributed by atoms with Crippen molar-refractivity contribution in [3.8, 4) is 5.75 Å².